The van der Waals surface area contributed by atoms with Crippen molar-refractivity contribution >= 4 is 46.6 Å². The van der Waals surface area contributed by atoms with Gasteiger partial charge < -0.3 is 9.84 Å². The minimum Gasteiger partial charge on any atom is -0.475 e. The van der Waals surface area contributed by atoms with Gasteiger partial charge in [-0.15, -0.1) is 0 Å². The largest absolute Gasteiger partial charge is 0.475 e. The van der Waals surface area contributed by atoms with Crippen molar-refractivity contribution in [2.75, 3.05) is 0 Å². The summed E-state index contributed by atoms with van der Waals surface area (Å²) in [5.41, 5.74) is -0.106. The molecule has 0 heterocycles. The molecule has 0 saturated carbocycles. The third kappa shape index (κ3) is 3.67. The molecule has 0 aromatic heterocycles. The molecular weight excluding hydrogens is 339 g/mol. The predicted molar refractivity (Wildman–Crippen MR) is 80.0 cm³/mol. The topological polar surface area (TPSA) is 63.6 Å². The summed E-state index contributed by atoms with van der Waals surface area (Å²) in [5.74, 6) is -1.89. The van der Waals surface area contributed by atoms with Gasteiger partial charge >= 0.3 is 5.97 Å². The maximum absolute atomic E-state index is 11.4. The number of ketones is 1. The minimum absolute atomic E-state index is 0.0139. The Bertz CT molecular complexity index is 728. The van der Waals surface area contributed by atoms with Crippen LogP contribution in [0, 0.1) is 0 Å². The molecule has 0 unspecified atom stereocenters. The highest BCUT2D eigenvalue weighted by molar-refractivity contribution is 6.45. The van der Waals surface area contributed by atoms with E-state index in [9.17, 15) is 9.59 Å². The summed E-state index contributed by atoms with van der Waals surface area (Å²) in [7, 11) is 0. The zero-order chi connectivity index (χ0) is 15.6. The van der Waals surface area contributed by atoms with Gasteiger partial charge in [-0.05, 0) is 24.3 Å². The third-order valence-electron chi connectivity index (χ3n) is 2.51. The van der Waals surface area contributed by atoms with Gasteiger partial charge in [0, 0.05) is 17.7 Å². The lowest BCUT2D eigenvalue weighted by Gasteiger charge is -2.08. The monoisotopic (exact) mass is 344 g/mol. The molecule has 21 heavy (non-hydrogen) atoms. The van der Waals surface area contributed by atoms with E-state index in [1.165, 1.54) is 24.3 Å². The highest BCUT2D eigenvalue weighted by Crippen LogP contribution is 2.31. The van der Waals surface area contributed by atoms with Crippen molar-refractivity contribution in [3.63, 3.8) is 0 Å². The number of carbonyl (C=O) groups is 2. The van der Waals surface area contributed by atoms with E-state index in [2.05, 4.69) is 0 Å². The molecule has 0 aliphatic carbocycles. The summed E-state index contributed by atoms with van der Waals surface area (Å²) < 4.78 is 5.50. The highest BCUT2D eigenvalue weighted by Gasteiger charge is 2.18. The molecular formula is C14H7Cl3O4. The number of hydrogen-bond acceptors (Lipinski definition) is 3. The van der Waals surface area contributed by atoms with Crippen LogP contribution < -0.4 is 4.74 Å². The maximum atomic E-state index is 11.4. The lowest BCUT2D eigenvalue weighted by Crippen LogP contribution is -2.13. The molecule has 0 fully saturated rings. The molecule has 0 spiro atoms. The van der Waals surface area contributed by atoms with Crippen molar-refractivity contribution in [2.24, 2.45) is 0 Å². The number of ether oxygens (including phenoxy) is 1. The number of rotatable bonds is 4. The van der Waals surface area contributed by atoms with Crippen LogP contribution in [-0.2, 0) is 4.79 Å². The van der Waals surface area contributed by atoms with Crippen LogP contribution >= 0.6 is 34.8 Å². The summed E-state index contributed by atoms with van der Waals surface area (Å²) in [6.45, 7) is 0. The number of Topliss-reactive ketones (excluding diaryl/α,β-unsaturated/α-hetero) is 1. The Labute approximate surface area is 134 Å². The molecule has 0 amide bonds. The number of hydrogen-bond donors (Lipinski definition) is 1. The Kier molecular flexibility index (Phi) is 4.73. The molecule has 7 heteroatoms. The zero-order valence-electron chi connectivity index (χ0n) is 10.3. The Balaban J connectivity index is 2.26. The van der Waals surface area contributed by atoms with Crippen molar-refractivity contribution in [3.8, 4) is 11.5 Å². The summed E-state index contributed by atoms with van der Waals surface area (Å²) in [5, 5.41) is 9.36. The average molecular weight is 346 g/mol. The van der Waals surface area contributed by atoms with Crippen LogP contribution in [-0.4, -0.2) is 16.9 Å². The fraction of sp³-hybridized carbons (Fsp3) is 0. The Morgan fingerprint density at radius 2 is 1.43 bits per heavy atom. The van der Waals surface area contributed by atoms with E-state index in [1.807, 2.05) is 0 Å². The second-order valence-electron chi connectivity index (χ2n) is 3.95. The zero-order valence-corrected chi connectivity index (χ0v) is 12.5. The third-order valence-corrected chi connectivity index (χ3v) is 3.56. The van der Waals surface area contributed by atoms with Gasteiger partial charge in [0.05, 0.1) is 15.1 Å². The van der Waals surface area contributed by atoms with E-state index in [-0.39, 0.29) is 10.6 Å². The van der Waals surface area contributed by atoms with E-state index in [0.29, 0.717) is 21.5 Å². The van der Waals surface area contributed by atoms with E-state index in [1.54, 1.807) is 12.1 Å². The molecule has 1 N–H and O–H groups in total. The van der Waals surface area contributed by atoms with Crippen molar-refractivity contribution in [1.29, 1.82) is 0 Å². The van der Waals surface area contributed by atoms with Gasteiger partial charge in [-0.1, -0.05) is 34.8 Å². The normalized spacial score (nSPS) is 10.2. The average Bonchev–Trinajstić information content (AvgIpc) is 2.42. The van der Waals surface area contributed by atoms with Crippen LogP contribution in [0.25, 0.3) is 0 Å². The van der Waals surface area contributed by atoms with E-state index in [0.717, 1.165) is 0 Å². The molecule has 0 saturated heterocycles. The number of aliphatic carboxylic acids is 1. The molecule has 2 aromatic rings. The van der Waals surface area contributed by atoms with E-state index < -0.39 is 11.8 Å². The molecule has 0 radical (unpaired) electrons. The fourth-order valence-electron chi connectivity index (χ4n) is 1.54. The molecule has 2 aromatic carbocycles. The lowest BCUT2D eigenvalue weighted by molar-refractivity contribution is -0.131. The second-order valence-corrected chi connectivity index (χ2v) is 5.18. The number of carboxylic acids is 1. The van der Waals surface area contributed by atoms with Gasteiger partial charge in [0.15, 0.2) is 0 Å². The first-order valence-electron chi connectivity index (χ1n) is 5.58. The van der Waals surface area contributed by atoms with Gasteiger partial charge in [-0.25, -0.2) is 4.79 Å². The summed E-state index contributed by atoms with van der Waals surface area (Å²) in [6, 6.07) is 8.77. The molecule has 0 atom stereocenters. The van der Waals surface area contributed by atoms with Gasteiger partial charge in [-0.3, -0.25) is 4.79 Å². The number of carboxylic acid groups (broad SMARTS) is 1. The number of carbonyl (C=O) groups excluding carboxylic acids is 1. The second kappa shape index (κ2) is 6.35. The molecule has 0 aliphatic rings. The van der Waals surface area contributed by atoms with Crippen LogP contribution in [0.4, 0.5) is 0 Å². The number of benzene rings is 2. The Hall–Kier alpha value is -1.75. The SMILES string of the molecule is O=C(O)C(=O)c1ccc(Oc2ccc(Cl)c(Cl)c2)cc1Cl. The maximum Gasteiger partial charge on any atom is 0.377 e. The minimum atomic E-state index is -1.57. The summed E-state index contributed by atoms with van der Waals surface area (Å²) in [4.78, 5) is 22.0. The summed E-state index contributed by atoms with van der Waals surface area (Å²) in [6.07, 6.45) is 0. The van der Waals surface area contributed by atoms with Gasteiger partial charge in [0.2, 0.25) is 0 Å². The van der Waals surface area contributed by atoms with Crippen LogP contribution in [0.3, 0.4) is 0 Å². The van der Waals surface area contributed by atoms with E-state index in [4.69, 9.17) is 44.6 Å². The first-order chi connectivity index (χ1) is 9.88. The van der Waals surface area contributed by atoms with E-state index >= 15 is 0 Å². The molecule has 0 bridgehead atoms. The summed E-state index contributed by atoms with van der Waals surface area (Å²) >= 11 is 17.5. The van der Waals surface area contributed by atoms with Crippen LogP contribution in [0.1, 0.15) is 10.4 Å². The fourth-order valence-corrected chi connectivity index (χ4v) is 2.08. The smallest absolute Gasteiger partial charge is 0.377 e. The molecule has 0 aliphatic heterocycles. The lowest BCUT2D eigenvalue weighted by atomic mass is 10.1. The quantitative estimate of drug-likeness (QED) is 0.644. The van der Waals surface area contributed by atoms with Crippen LogP contribution in [0.2, 0.25) is 15.1 Å². The Morgan fingerprint density at radius 1 is 0.857 bits per heavy atom. The molecule has 2 rings (SSSR count). The number of halogens is 3. The van der Waals surface area contributed by atoms with Crippen molar-refractivity contribution in [3.05, 3.63) is 57.0 Å². The van der Waals surface area contributed by atoms with Crippen LogP contribution in [0.15, 0.2) is 36.4 Å². The standard InChI is InChI=1S/C14H7Cl3O4/c15-10-4-2-8(6-12(10)17)21-7-1-3-9(11(16)5-7)13(18)14(19)20/h1-6H,(H,19,20). The van der Waals surface area contributed by atoms with Crippen molar-refractivity contribution in [2.45, 2.75) is 0 Å². The van der Waals surface area contributed by atoms with Gasteiger partial charge in [0.25, 0.3) is 5.78 Å². The van der Waals surface area contributed by atoms with Gasteiger partial charge in [-0.2, -0.15) is 0 Å². The first kappa shape index (κ1) is 15.6. The van der Waals surface area contributed by atoms with Gasteiger partial charge in [0.1, 0.15) is 11.5 Å². The Morgan fingerprint density at radius 3 is 1.95 bits per heavy atom. The molecule has 108 valence electrons. The van der Waals surface area contributed by atoms with Crippen LogP contribution in [0.5, 0.6) is 11.5 Å². The predicted octanol–water partition coefficient (Wildman–Crippen LogP) is 4.71. The van der Waals surface area contributed by atoms with Crippen molar-refractivity contribution in [1.82, 2.24) is 0 Å². The molecule has 4 nitrogen and oxygen atoms in total. The van der Waals surface area contributed by atoms with Crippen molar-refractivity contribution < 1.29 is 19.4 Å². The highest BCUT2D eigenvalue weighted by atomic mass is 35.5. The first-order valence-corrected chi connectivity index (χ1v) is 6.72.